The molecule has 0 unspecified atom stereocenters. The van der Waals surface area contributed by atoms with Crippen molar-refractivity contribution in [2.75, 3.05) is 0 Å². The molecule has 0 amide bonds. The van der Waals surface area contributed by atoms with Crippen molar-refractivity contribution in [2.24, 2.45) is 0 Å². The van der Waals surface area contributed by atoms with Crippen molar-refractivity contribution < 1.29 is 14.3 Å². The van der Waals surface area contributed by atoms with Crippen LogP contribution in [0.3, 0.4) is 0 Å². The number of carboxylic acid groups (broad SMARTS) is 1. The van der Waals surface area contributed by atoms with Crippen molar-refractivity contribution in [2.45, 2.75) is 13.8 Å². The number of carboxylic acids is 1. The molecule has 0 radical (unpaired) electrons. The second kappa shape index (κ2) is 3.85. The summed E-state index contributed by atoms with van der Waals surface area (Å²) in [5.41, 5.74) is 3.96. The summed E-state index contributed by atoms with van der Waals surface area (Å²) in [5.74, 6) is -0.901. The first-order chi connectivity index (χ1) is 7.59. The van der Waals surface area contributed by atoms with E-state index in [9.17, 15) is 4.79 Å². The first-order valence-corrected chi connectivity index (χ1v) is 4.96. The fourth-order valence-electron chi connectivity index (χ4n) is 1.81. The van der Waals surface area contributed by atoms with Crippen LogP contribution in [-0.2, 0) is 0 Å². The topological polar surface area (TPSA) is 50.4 Å². The molecule has 0 fully saturated rings. The first-order valence-electron chi connectivity index (χ1n) is 4.96. The van der Waals surface area contributed by atoms with Gasteiger partial charge in [0.1, 0.15) is 0 Å². The van der Waals surface area contributed by atoms with Gasteiger partial charge in [0.2, 0.25) is 0 Å². The van der Waals surface area contributed by atoms with Crippen molar-refractivity contribution in [1.29, 1.82) is 0 Å². The molecule has 3 nitrogen and oxygen atoms in total. The highest BCUT2D eigenvalue weighted by Crippen LogP contribution is 2.26. The molecule has 0 spiro atoms. The van der Waals surface area contributed by atoms with E-state index in [2.05, 4.69) is 0 Å². The summed E-state index contributed by atoms with van der Waals surface area (Å²) in [7, 11) is 0. The lowest BCUT2D eigenvalue weighted by Crippen LogP contribution is -2.01. The fraction of sp³-hybridized carbons (Fsp3) is 0.154. The second-order valence-corrected chi connectivity index (χ2v) is 3.80. The van der Waals surface area contributed by atoms with Crippen LogP contribution < -0.4 is 0 Å². The zero-order valence-electron chi connectivity index (χ0n) is 9.15. The van der Waals surface area contributed by atoms with Crippen LogP contribution in [0.5, 0.6) is 0 Å². The van der Waals surface area contributed by atoms with Gasteiger partial charge in [0.05, 0.1) is 18.1 Å². The van der Waals surface area contributed by atoms with E-state index in [1.54, 1.807) is 25.5 Å². The maximum absolute atomic E-state index is 11.0. The number of aryl methyl sites for hydroxylation is 2. The Balaban J connectivity index is 2.63. The highest BCUT2D eigenvalue weighted by molar-refractivity contribution is 5.91. The van der Waals surface area contributed by atoms with E-state index in [4.69, 9.17) is 9.52 Å². The summed E-state index contributed by atoms with van der Waals surface area (Å²) in [5, 5.41) is 9.06. The molecule has 0 atom stereocenters. The number of hydrogen-bond acceptors (Lipinski definition) is 2. The van der Waals surface area contributed by atoms with E-state index < -0.39 is 5.97 Å². The molecule has 1 aromatic carbocycles. The summed E-state index contributed by atoms with van der Waals surface area (Å²) in [6.45, 7) is 3.76. The molecule has 0 aliphatic heterocycles. The van der Waals surface area contributed by atoms with Crippen LogP contribution in [0.15, 0.2) is 35.1 Å². The van der Waals surface area contributed by atoms with Crippen molar-refractivity contribution in [1.82, 2.24) is 0 Å². The van der Waals surface area contributed by atoms with Gasteiger partial charge in [-0.15, -0.1) is 0 Å². The zero-order valence-corrected chi connectivity index (χ0v) is 9.15. The molecule has 0 aliphatic rings. The minimum absolute atomic E-state index is 0.335. The Bertz CT molecular complexity index is 524. The van der Waals surface area contributed by atoms with Gasteiger partial charge in [-0.2, -0.15) is 0 Å². The van der Waals surface area contributed by atoms with Crippen LogP contribution >= 0.6 is 0 Å². The Labute approximate surface area is 93.3 Å². The molecule has 1 heterocycles. The molecule has 0 saturated carbocycles. The third kappa shape index (κ3) is 1.72. The van der Waals surface area contributed by atoms with Gasteiger partial charge in [0.25, 0.3) is 0 Å². The Kier molecular flexibility index (Phi) is 2.52. The Morgan fingerprint density at radius 1 is 1.25 bits per heavy atom. The van der Waals surface area contributed by atoms with Gasteiger partial charge >= 0.3 is 5.97 Å². The molecule has 2 rings (SSSR count). The average molecular weight is 216 g/mol. The number of rotatable bonds is 2. The molecule has 0 saturated heterocycles. The number of aromatic carboxylic acids is 1. The normalized spacial score (nSPS) is 10.4. The van der Waals surface area contributed by atoms with Crippen LogP contribution in [-0.4, -0.2) is 11.1 Å². The minimum Gasteiger partial charge on any atom is -0.478 e. The zero-order chi connectivity index (χ0) is 11.7. The Morgan fingerprint density at radius 2 is 2.00 bits per heavy atom. The van der Waals surface area contributed by atoms with Gasteiger partial charge in [0.15, 0.2) is 0 Å². The van der Waals surface area contributed by atoms with Crippen molar-refractivity contribution in [3.8, 4) is 11.1 Å². The largest absolute Gasteiger partial charge is 0.478 e. The summed E-state index contributed by atoms with van der Waals surface area (Å²) in [4.78, 5) is 11.0. The van der Waals surface area contributed by atoms with Crippen LogP contribution in [0, 0.1) is 13.8 Å². The third-order valence-corrected chi connectivity index (χ3v) is 2.63. The van der Waals surface area contributed by atoms with Gasteiger partial charge in [-0.05, 0) is 42.7 Å². The summed E-state index contributed by atoms with van der Waals surface area (Å²) in [6, 6.07) is 5.40. The van der Waals surface area contributed by atoms with Crippen LogP contribution in [0.4, 0.5) is 0 Å². The molecule has 1 aromatic heterocycles. The molecule has 16 heavy (non-hydrogen) atoms. The lowest BCUT2D eigenvalue weighted by molar-refractivity contribution is 0.0696. The maximum Gasteiger partial charge on any atom is 0.335 e. The number of benzene rings is 1. The van der Waals surface area contributed by atoms with E-state index >= 15 is 0 Å². The highest BCUT2D eigenvalue weighted by Gasteiger charge is 2.12. The van der Waals surface area contributed by atoms with E-state index in [1.807, 2.05) is 19.1 Å². The maximum atomic E-state index is 11.0. The van der Waals surface area contributed by atoms with Crippen molar-refractivity contribution >= 4 is 5.97 Å². The SMILES string of the molecule is Cc1cc(C)c(-c2ccoc2)cc1C(=O)O. The van der Waals surface area contributed by atoms with Crippen molar-refractivity contribution in [3.05, 3.63) is 47.4 Å². The average Bonchev–Trinajstić information content (AvgIpc) is 2.70. The van der Waals surface area contributed by atoms with E-state index in [1.165, 1.54) is 0 Å². The molecule has 0 aliphatic carbocycles. The first kappa shape index (κ1) is 10.5. The van der Waals surface area contributed by atoms with E-state index in [0.717, 1.165) is 22.3 Å². The summed E-state index contributed by atoms with van der Waals surface area (Å²) < 4.78 is 5.01. The van der Waals surface area contributed by atoms with E-state index in [0.29, 0.717) is 5.56 Å². The van der Waals surface area contributed by atoms with Gasteiger partial charge < -0.3 is 9.52 Å². The molecule has 3 heteroatoms. The lowest BCUT2D eigenvalue weighted by Gasteiger charge is -2.08. The smallest absolute Gasteiger partial charge is 0.335 e. The number of hydrogen-bond donors (Lipinski definition) is 1. The quantitative estimate of drug-likeness (QED) is 0.838. The van der Waals surface area contributed by atoms with E-state index in [-0.39, 0.29) is 0 Å². The molecule has 1 N–H and O–H groups in total. The molecule has 82 valence electrons. The van der Waals surface area contributed by atoms with Crippen LogP contribution in [0.2, 0.25) is 0 Å². The predicted molar refractivity (Wildman–Crippen MR) is 60.6 cm³/mol. The molecule has 0 bridgehead atoms. The summed E-state index contributed by atoms with van der Waals surface area (Å²) >= 11 is 0. The number of furan rings is 1. The molecular formula is C13H12O3. The predicted octanol–water partition coefficient (Wildman–Crippen LogP) is 3.26. The monoisotopic (exact) mass is 216 g/mol. The number of carbonyl (C=O) groups is 1. The fourth-order valence-corrected chi connectivity index (χ4v) is 1.81. The minimum atomic E-state index is -0.901. The molecular weight excluding hydrogens is 204 g/mol. The van der Waals surface area contributed by atoms with Gasteiger partial charge in [-0.1, -0.05) is 6.07 Å². The Hall–Kier alpha value is -2.03. The van der Waals surface area contributed by atoms with Gasteiger partial charge in [0, 0.05) is 5.56 Å². The van der Waals surface area contributed by atoms with Crippen LogP contribution in [0.1, 0.15) is 21.5 Å². The van der Waals surface area contributed by atoms with Gasteiger partial charge in [-0.25, -0.2) is 4.79 Å². The third-order valence-electron chi connectivity index (χ3n) is 2.63. The van der Waals surface area contributed by atoms with Gasteiger partial charge in [-0.3, -0.25) is 0 Å². The van der Waals surface area contributed by atoms with Crippen LogP contribution in [0.25, 0.3) is 11.1 Å². The Morgan fingerprint density at radius 3 is 2.56 bits per heavy atom. The summed E-state index contributed by atoms with van der Waals surface area (Å²) in [6.07, 6.45) is 3.19. The second-order valence-electron chi connectivity index (χ2n) is 3.80. The highest BCUT2D eigenvalue weighted by atomic mass is 16.4. The standard InChI is InChI=1S/C13H12O3/c1-8-5-9(2)12(13(14)15)6-11(8)10-3-4-16-7-10/h3-7H,1-2H3,(H,14,15). The lowest BCUT2D eigenvalue weighted by atomic mass is 9.96. The van der Waals surface area contributed by atoms with Crippen molar-refractivity contribution in [3.63, 3.8) is 0 Å². The molecule has 2 aromatic rings.